The molecule has 1 unspecified atom stereocenters. The Labute approximate surface area is 183 Å². The summed E-state index contributed by atoms with van der Waals surface area (Å²) in [5, 5.41) is 28.6. The fourth-order valence-electron chi connectivity index (χ4n) is 3.38. The Kier molecular flexibility index (Phi) is 7.01. The van der Waals surface area contributed by atoms with Crippen LogP contribution in [-0.2, 0) is 4.79 Å². The van der Waals surface area contributed by atoms with E-state index in [-0.39, 0.29) is 53.0 Å². The highest BCUT2D eigenvalue weighted by Gasteiger charge is 2.22. The van der Waals surface area contributed by atoms with Gasteiger partial charge in [0.05, 0.1) is 19.3 Å². The van der Waals surface area contributed by atoms with Crippen molar-refractivity contribution in [1.29, 1.82) is 0 Å². The van der Waals surface area contributed by atoms with E-state index >= 15 is 0 Å². The van der Waals surface area contributed by atoms with E-state index in [0.29, 0.717) is 16.9 Å². The highest BCUT2D eigenvalue weighted by Crippen LogP contribution is 2.43. The van der Waals surface area contributed by atoms with Crippen LogP contribution < -0.4 is 19.6 Å². The Morgan fingerprint density at radius 1 is 1.19 bits per heavy atom. The maximum absolute atomic E-state index is 12.8. The largest absolute Gasteiger partial charge is 0.507 e. The second-order valence-corrected chi connectivity index (χ2v) is 7.36. The third kappa shape index (κ3) is 4.53. The average molecular weight is 444 g/mol. The summed E-state index contributed by atoms with van der Waals surface area (Å²) in [6, 6.07) is 7.08. The molecule has 0 aliphatic carbocycles. The van der Waals surface area contributed by atoms with Crippen molar-refractivity contribution in [2.75, 3.05) is 20.3 Å². The molecule has 0 bridgehead atoms. The lowest BCUT2D eigenvalue weighted by molar-refractivity contribution is -0.120. The second kappa shape index (κ2) is 9.71. The van der Waals surface area contributed by atoms with Crippen LogP contribution in [0, 0.1) is 0 Å². The number of aliphatic hydroxyl groups is 2. The number of aliphatic hydroxyl groups excluding tert-OH is 2. The minimum atomic E-state index is -1.11. The van der Waals surface area contributed by atoms with Crippen LogP contribution in [0.2, 0.25) is 0 Å². The van der Waals surface area contributed by atoms with Crippen LogP contribution in [0.25, 0.3) is 22.3 Å². The van der Waals surface area contributed by atoms with Gasteiger partial charge in [0, 0.05) is 23.8 Å². The number of fused-ring (bicyclic) bond motifs is 1. The number of methoxy groups -OCH3 is 1. The zero-order valence-corrected chi connectivity index (χ0v) is 17.8. The first kappa shape index (κ1) is 23.1. The maximum Gasteiger partial charge on any atom is 0.298 e. The number of phenols is 1. The van der Waals surface area contributed by atoms with Crippen LogP contribution in [0.5, 0.6) is 23.0 Å². The molecule has 3 aromatic rings. The van der Waals surface area contributed by atoms with Crippen LogP contribution in [-0.4, -0.2) is 48.2 Å². The topological polar surface area (TPSA) is 136 Å². The van der Waals surface area contributed by atoms with Crippen molar-refractivity contribution >= 4 is 17.4 Å². The molecule has 2 aromatic carbocycles. The van der Waals surface area contributed by atoms with Gasteiger partial charge in [-0.05, 0) is 18.1 Å². The van der Waals surface area contributed by atoms with Gasteiger partial charge in [0.15, 0.2) is 5.43 Å². The van der Waals surface area contributed by atoms with Crippen molar-refractivity contribution in [3.05, 3.63) is 46.1 Å². The summed E-state index contributed by atoms with van der Waals surface area (Å²) in [6.07, 6.45) is -1.11. The van der Waals surface area contributed by atoms with Crippen molar-refractivity contribution in [3.8, 4) is 34.3 Å². The first-order valence-corrected chi connectivity index (χ1v) is 9.84. The molecule has 0 spiro atoms. The molecule has 1 atom stereocenters. The molecule has 1 heterocycles. The molecular weight excluding hydrogens is 420 g/mol. The van der Waals surface area contributed by atoms with Crippen LogP contribution in [0.3, 0.4) is 0 Å². The van der Waals surface area contributed by atoms with Gasteiger partial charge in [0.25, 0.3) is 6.47 Å². The molecule has 0 radical (unpaired) electrons. The van der Waals surface area contributed by atoms with Crippen molar-refractivity contribution in [2.24, 2.45) is 0 Å². The third-order valence-corrected chi connectivity index (χ3v) is 4.82. The van der Waals surface area contributed by atoms with E-state index in [2.05, 4.69) is 0 Å². The fourth-order valence-corrected chi connectivity index (χ4v) is 3.38. The fraction of sp³-hybridized carbons (Fsp3) is 0.304. The van der Waals surface area contributed by atoms with Gasteiger partial charge < -0.3 is 33.9 Å². The minimum absolute atomic E-state index is 0.0277. The Bertz CT molecular complexity index is 1180. The molecule has 0 saturated heterocycles. The number of benzene rings is 2. The van der Waals surface area contributed by atoms with Crippen LogP contribution >= 0.6 is 0 Å². The number of hydrogen-bond donors (Lipinski definition) is 3. The van der Waals surface area contributed by atoms with Gasteiger partial charge in [-0.25, -0.2) is 0 Å². The Hall–Kier alpha value is -3.56. The van der Waals surface area contributed by atoms with Gasteiger partial charge in [-0.3, -0.25) is 9.59 Å². The quantitative estimate of drug-likeness (QED) is 0.425. The standard InChI is InChI=1S/C23H24O9/c1-12(2)21-18(29-3)5-4-15(23(21)31-11-25)19-8-17(28)22-16(27)6-14(7-20(22)32-19)30-10-13(26)9-24/h4-8,11-13,24,26-27H,9-10H2,1-3H3. The van der Waals surface area contributed by atoms with Gasteiger partial charge in [0.2, 0.25) is 0 Å². The minimum Gasteiger partial charge on any atom is -0.507 e. The van der Waals surface area contributed by atoms with Gasteiger partial charge >= 0.3 is 0 Å². The monoisotopic (exact) mass is 444 g/mol. The summed E-state index contributed by atoms with van der Waals surface area (Å²) in [6.45, 7) is 3.37. The van der Waals surface area contributed by atoms with E-state index in [0.717, 1.165) is 0 Å². The molecule has 0 aliphatic rings. The SMILES string of the molecule is COc1ccc(-c2cc(=O)c3c(O)cc(OCC(O)CO)cc3o2)c(OC=O)c1C(C)C. The zero-order chi connectivity index (χ0) is 23.4. The Morgan fingerprint density at radius 3 is 2.56 bits per heavy atom. The lowest BCUT2D eigenvalue weighted by Gasteiger charge is -2.18. The number of rotatable bonds is 9. The molecule has 9 heteroatoms. The van der Waals surface area contributed by atoms with Crippen molar-refractivity contribution in [3.63, 3.8) is 0 Å². The molecule has 0 aliphatic heterocycles. The number of ether oxygens (including phenoxy) is 3. The number of phenolic OH excluding ortho intramolecular Hbond substituents is 1. The lowest BCUT2D eigenvalue weighted by Crippen LogP contribution is -2.21. The summed E-state index contributed by atoms with van der Waals surface area (Å²) in [7, 11) is 1.50. The summed E-state index contributed by atoms with van der Waals surface area (Å²) < 4.78 is 21.9. The highest BCUT2D eigenvalue weighted by atomic mass is 16.5. The number of hydrogen-bond acceptors (Lipinski definition) is 9. The molecule has 3 N–H and O–H groups in total. The number of aromatic hydroxyl groups is 1. The predicted molar refractivity (Wildman–Crippen MR) is 116 cm³/mol. The highest BCUT2D eigenvalue weighted by molar-refractivity contribution is 5.87. The summed E-state index contributed by atoms with van der Waals surface area (Å²) in [4.78, 5) is 24.0. The van der Waals surface area contributed by atoms with Gasteiger partial charge in [0.1, 0.15) is 52.4 Å². The molecule has 9 nitrogen and oxygen atoms in total. The van der Waals surface area contributed by atoms with E-state index in [1.165, 1.54) is 25.3 Å². The third-order valence-electron chi connectivity index (χ3n) is 4.82. The second-order valence-electron chi connectivity index (χ2n) is 7.36. The van der Waals surface area contributed by atoms with Crippen LogP contribution in [0.15, 0.2) is 39.5 Å². The maximum atomic E-state index is 12.8. The molecule has 170 valence electrons. The van der Waals surface area contributed by atoms with E-state index < -0.39 is 18.1 Å². The smallest absolute Gasteiger partial charge is 0.298 e. The van der Waals surface area contributed by atoms with E-state index in [4.69, 9.17) is 23.7 Å². The van der Waals surface area contributed by atoms with E-state index in [9.17, 15) is 19.8 Å². The average Bonchev–Trinajstić information content (AvgIpc) is 2.76. The van der Waals surface area contributed by atoms with Crippen molar-refractivity contribution in [2.45, 2.75) is 25.9 Å². The summed E-state index contributed by atoms with van der Waals surface area (Å²) in [5.74, 6) is 0.506. The Morgan fingerprint density at radius 2 is 1.94 bits per heavy atom. The van der Waals surface area contributed by atoms with Gasteiger partial charge in [-0.15, -0.1) is 0 Å². The number of carbonyl (C=O) groups excluding carboxylic acids is 1. The lowest BCUT2D eigenvalue weighted by atomic mass is 9.96. The van der Waals surface area contributed by atoms with Crippen molar-refractivity contribution in [1.82, 2.24) is 0 Å². The summed E-state index contributed by atoms with van der Waals surface area (Å²) >= 11 is 0. The molecule has 0 fully saturated rings. The summed E-state index contributed by atoms with van der Waals surface area (Å²) in [5.41, 5.74) is 0.486. The molecule has 1 aromatic heterocycles. The van der Waals surface area contributed by atoms with E-state index in [1.807, 2.05) is 13.8 Å². The molecule has 0 amide bonds. The van der Waals surface area contributed by atoms with Crippen LogP contribution in [0.1, 0.15) is 25.3 Å². The molecule has 32 heavy (non-hydrogen) atoms. The Balaban J connectivity index is 2.20. The van der Waals surface area contributed by atoms with Crippen molar-refractivity contribution < 1.29 is 38.7 Å². The van der Waals surface area contributed by atoms with E-state index in [1.54, 1.807) is 12.1 Å². The molecule has 0 saturated carbocycles. The predicted octanol–water partition coefficient (Wildman–Crippen LogP) is 2.56. The first-order valence-electron chi connectivity index (χ1n) is 9.84. The van der Waals surface area contributed by atoms with Crippen LogP contribution in [0.4, 0.5) is 0 Å². The normalized spacial score (nSPS) is 12.1. The van der Waals surface area contributed by atoms with Gasteiger partial charge in [-0.2, -0.15) is 0 Å². The first-order chi connectivity index (χ1) is 15.3. The molecular formula is C23H24O9. The number of carbonyl (C=O) groups is 1. The zero-order valence-electron chi connectivity index (χ0n) is 17.8. The van der Waals surface area contributed by atoms with Gasteiger partial charge in [-0.1, -0.05) is 13.8 Å². The molecule has 3 rings (SSSR count).